The Kier molecular flexibility index (Phi) is 1.25. The van der Waals surface area contributed by atoms with Gasteiger partial charge in [-0.3, -0.25) is 0 Å². The molecular formula is C10H10N. The Bertz CT molecular complexity index is 385. The van der Waals surface area contributed by atoms with E-state index in [2.05, 4.69) is 37.0 Å². The van der Waals surface area contributed by atoms with Crippen LogP contribution >= 0.6 is 0 Å². The minimum Gasteiger partial charge on any atom is -0.358 e. The lowest BCUT2D eigenvalue weighted by Gasteiger charge is -1.92. The Morgan fingerprint density at radius 2 is 2.18 bits per heavy atom. The summed E-state index contributed by atoms with van der Waals surface area (Å²) in [5.41, 5.74) is 3.46. The van der Waals surface area contributed by atoms with Gasteiger partial charge in [0.1, 0.15) is 0 Å². The summed E-state index contributed by atoms with van der Waals surface area (Å²) in [7, 11) is 0. The first-order valence-corrected chi connectivity index (χ1v) is 3.67. The topological polar surface area (TPSA) is 15.8 Å². The fourth-order valence-electron chi connectivity index (χ4n) is 1.36. The summed E-state index contributed by atoms with van der Waals surface area (Å²) >= 11 is 0. The highest BCUT2D eigenvalue weighted by molar-refractivity contribution is 5.83. The van der Waals surface area contributed by atoms with Gasteiger partial charge in [0.15, 0.2) is 0 Å². The molecule has 0 bridgehead atoms. The van der Waals surface area contributed by atoms with Gasteiger partial charge in [0.25, 0.3) is 0 Å². The van der Waals surface area contributed by atoms with Gasteiger partial charge >= 0.3 is 0 Å². The van der Waals surface area contributed by atoms with E-state index in [1.807, 2.05) is 6.07 Å². The Morgan fingerprint density at radius 1 is 1.36 bits per heavy atom. The number of rotatable bonds is 0. The summed E-state index contributed by atoms with van der Waals surface area (Å²) in [6.45, 7) is 5.95. The van der Waals surface area contributed by atoms with E-state index in [1.165, 1.54) is 16.5 Å². The first kappa shape index (κ1) is 6.47. The highest BCUT2D eigenvalue weighted by Gasteiger charge is 1.97. The third kappa shape index (κ3) is 0.929. The molecule has 11 heavy (non-hydrogen) atoms. The molecule has 1 heterocycles. The summed E-state index contributed by atoms with van der Waals surface area (Å²) < 4.78 is 0. The third-order valence-corrected chi connectivity index (χ3v) is 1.94. The van der Waals surface area contributed by atoms with Crippen molar-refractivity contribution < 1.29 is 0 Å². The molecule has 0 aliphatic carbocycles. The predicted molar refractivity (Wildman–Crippen MR) is 47.5 cm³/mol. The van der Waals surface area contributed by atoms with Crippen molar-refractivity contribution in [1.82, 2.24) is 4.98 Å². The van der Waals surface area contributed by atoms with Crippen LogP contribution in [0.2, 0.25) is 0 Å². The fraction of sp³-hybridized carbons (Fsp3) is 0.100. The highest BCUT2D eigenvalue weighted by Crippen LogP contribution is 2.18. The summed E-state index contributed by atoms with van der Waals surface area (Å²) in [5, 5.41) is 1.28. The van der Waals surface area contributed by atoms with Gasteiger partial charge in [-0.1, -0.05) is 12.1 Å². The van der Waals surface area contributed by atoms with Crippen LogP contribution in [0.25, 0.3) is 10.9 Å². The van der Waals surface area contributed by atoms with Crippen molar-refractivity contribution in [2.24, 2.45) is 0 Å². The van der Waals surface area contributed by atoms with Crippen LogP contribution in [-0.4, -0.2) is 4.98 Å². The van der Waals surface area contributed by atoms with Crippen LogP contribution in [0.3, 0.4) is 0 Å². The van der Waals surface area contributed by atoms with Crippen molar-refractivity contribution in [2.45, 2.75) is 6.92 Å². The molecule has 0 aliphatic heterocycles. The maximum atomic E-state index is 3.84. The molecular weight excluding hydrogens is 134 g/mol. The van der Waals surface area contributed by atoms with Gasteiger partial charge in [-0.15, -0.1) is 0 Å². The second kappa shape index (κ2) is 2.12. The van der Waals surface area contributed by atoms with Crippen LogP contribution in [0.15, 0.2) is 24.3 Å². The zero-order valence-corrected chi connectivity index (χ0v) is 6.52. The first-order valence-electron chi connectivity index (χ1n) is 3.67. The molecule has 0 aliphatic rings. The SMILES string of the molecule is [CH2]c1cc2c(C)cccc2[nH]1. The van der Waals surface area contributed by atoms with Crippen molar-refractivity contribution in [2.75, 3.05) is 0 Å². The van der Waals surface area contributed by atoms with Gasteiger partial charge in [0.05, 0.1) is 0 Å². The Labute approximate surface area is 66.1 Å². The number of fused-ring (bicyclic) bond motifs is 1. The van der Waals surface area contributed by atoms with Crippen molar-refractivity contribution in [3.8, 4) is 0 Å². The van der Waals surface area contributed by atoms with E-state index in [9.17, 15) is 0 Å². The van der Waals surface area contributed by atoms with E-state index in [4.69, 9.17) is 0 Å². The third-order valence-electron chi connectivity index (χ3n) is 1.94. The molecule has 0 saturated carbocycles. The lowest BCUT2D eigenvalue weighted by molar-refractivity contribution is 1.39. The molecule has 0 saturated heterocycles. The van der Waals surface area contributed by atoms with Crippen molar-refractivity contribution in [3.63, 3.8) is 0 Å². The van der Waals surface area contributed by atoms with Gasteiger partial charge in [-0.25, -0.2) is 0 Å². The Hall–Kier alpha value is -1.24. The van der Waals surface area contributed by atoms with Crippen LogP contribution in [0.4, 0.5) is 0 Å². The molecule has 0 amide bonds. The molecule has 1 aromatic heterocycles. The minimum atomic E-state index is 0.981. The van der Waals surface area contributed by atoms with Gasteiger partial charge in [-0.05, 0) is 31.5 Å². The maximum Gasteiger partial charge on any atom is 0.0458 e. The molecule has 0 atom stereocenters. The highest BCUT2D eigenvalue weighted by atomic mass is 14.7. The fourth-order valence-corrected chi connectivity index (χ4v) is 1.36. The van der Waals surface area contributed by atoms with E-state index in [1.54, 1.807) is 0 Å². The molecule has 1 aromatic carbocycles. The number of hydrogen-bond donors (Lipinski definition) is 1. The molecule has 0 spiro atoms. The molecule has 1 N–H and O–H groups in total. The van der Waals surface area contributed by atoms with E-state index >= 15 is 0 Å². The average Bonchev–Trinajstić information content (AvgIpc) is 2.31. The smallest absolute Gasteiger partial charge is 0.0458 e. The second-order valence-electron chi connectivity index (χ2n) is 2.83. The summed E-state index contributed by atoms with van der Waals surface area (Å²) in [4.78, 5) is 3.19. The van der Waals surface area contributed by atoms with Crippen LogP contribution in [0.1, 0.15) is 11.3 Å². The van der Waals surface area contributed by atoms with Gasteiger partial charge < -0.3 is 4.98 Å². The summed E-state index contributed by atoms with van der Waals surface area (Å²) in [6, 6.07) is 8.30. The standard InChI is InChI=1S/C10H10N/c1-7-4-3-5-10-9(7)6-8(2)11-10/h3-6,11H,2H2,1H3. The van der Waals surface area contributed by atoms with Crippen molar-refractivity contribution in [3.05, 3.63) is 42.4 Å². The number of aromatic nitrogens is 1. The van der Waals surface area contributed by atoms with E-state index in [0.29, 0.717) is 0 Å². The minimum absolute atomic E-state index is 0.981. The molecule has 1 radical (unpaired) electrons. The first-order chi connectivity index (χ1) is 5.27. The zero-order chi connectivity index (χ0) is 7.84. The molecule has 1 nitrogen and oxygen atoms in total. The molecule has 0 fully saturated rings. The van der Waals surface area contributed by atoms with E-state index in [0.717, 1.165) is 5.69 Å². The molecule has 2 rings (SSSR count). The maximum absolute atomic E-state index is 3.84. The largest absolute Gasteiger partial charge is 0.358 e. The number of nitrogens with one attached hydrogen (secondary N) is 1. The van der Waals surface area contributed by atoms with Crippen LogP contribution in [0.5, 0.6) is 0 Å². The quantitative estimate of drug-likeness (QED) is 0.585. The lowest BCUT2D eigenvalue weighted by atomic mass is 10.1. The van der Waals surface area contributed by atoms with Crippen LogP contribution in [0, 0.1) is 13.8 Å². The van der Waals surface area contributed by atoms with E-state index in [-0.39, 0.29) is 0 Å². The molecule has 2 aromatic rings. The zero-order valence-electron chi connectivity index (χ0n) is 6.52. The molecule has 1 heteroatoms. The normalized spacial score (nSPS) is 10.7. The lowest BCUT2D eigenvalue weighted by Crippen LogP contribution is -1.71. The van der Waals surface area contributed by atoms with Crippen LogP contribution in [-0.2, 0) is 0 Å². The Balaban J connectivity index is 2.90. The Morgan fingerprint density at radius 3 is 2.91 bits per heavy atom. The number of aryl methyl sites for hydroxylation is 1. The summed E-state index contributed by atoms with van der Waals surface area (Å²) in [5.74, 6) is 0. The van der Waals surface area contributed by atoms with Gasteiger partial charge in [0, 0.05) is 16.6 Å². The number of benzene rings is 1. The predicted octanol–water partition coefficient (Wildman–Crippen LogP) is 2.66. The number of aromatic amines is 1. The van der Waals surface area contributed by atoms with Gasteiger partial charge in [0.2, 0.25) is 0 Å². The molecule has 0 unspecified atom stereocenters. The molecule has 55 valence electrons. The van der Waals surface area contributed by atoms with Crippen molar-refractivity contribution >= 4 is 10.9 Å². The number of hydrogen-bond acceptors (Lipinski definition) is 0. The van der Waals surface area contributed by atoms with Crippen molar-refractivity contribution in [1.29, 1.82) is 0 Å². The van der Waals surface area contributed by atoms with Crippen LogP contribution < -0.4 is 0 Å². The number of H-pyrrole nitrogens is 1. The van der Waals surface area contributed by atoms with E-state index < -0.39 is 0 Å². The second-order valence-corrected chi connectivity index (χ2v) is 2.83. The average molecular weight is 144 g/mol. The summed E-state index contributed by atoms with van der Waals surface area (Å²) in [6.07, 6.45) is 0. The van der Waals surface area contributed by atoms with Gasteiger partial charge in [-0.2, -0.15) is 0 Å². The monoisotopic (exact) mass is 144 g/mol.